The molecule has 4 aromatic rings. The smallest absolute Gasteiger partial charge is 0.245 e. The SMILES string of the molecule is CCOC1=C2CN(S(=O)(=O)c3ccc(C)cc3)C(c3ccccc3)CC2N(S(=O)(=O)c2ccccc2Cl)C(c2ccccc2)C1. The van der Waals surface area contributed by atoms with Crippen molar-refractivity contribution in [3.05, 3.63) is 142 Å². The Kier molecular flexibility index (Phi) is 8.91. The molecule has 1 fully saturated rings. The quantitative estimate of drug-likeness (QED) is 0.198. The Hall–Kier alpha value is -3.47. The molecule has 0 aromatic heterocycles. The number of hydrogen-bond donors (Lipinski definition) is 0. The van der Waals surface area contributed by atoms with Crippen molar-refractivity contribution in [3.63, 3.8) is 0 Å². The second kappa shape index (κ2) is 12.7. The third-order valence-electron chi connectivity index (χ3n) is 8.58. The summed E-state index contributed by atoms with van der Waals surface area (Å²) in [6.07, 6.45) is 0.440. The van der Waals surface area contributed by atoms with Crippen molar-refractivity contribution in [3.8, 4) is 0 Å². The van der Waals surface area contributed by atoms with Gasteiger partial charge in [-0.15, -0.1) is 0 Å². The van der Waals surface area contributed by atoms with Gasteiger partial charge in [0.1, 0.15) is 4.90 Å². The Morgan fingerprint density at radius 3 is 1.91 bits per heavy atom. The number of fused-ring (bicyclic) bond motifs is 1. The second-order valence-corrected chi connectivity index (χ2v) is 15.4. The molecule has 1 saturated heterocycles. The number of ether oxygens (including phenoxy) is 1. The number of rotatable bonds is 8. The van der Waals surface area contributed by atoms with E-state index in [1.165, 1.54) is 10.4 Å². The highest BCUT2D eigenvalue weighted by molar-refractivity contribution is 7.89. The van der Waals surface area contributed by atoms with E-state index in [9.17, 15) is 16.8 Å². The molecule has 7 nitrogen and oxygen atoms in total. The van der Waals surface area contributed by atoms with Crippen molar-refractivity contribution in [1.82, 2.24) is 8.61 Å². The number of nitrogens with zero attached hydrogens (tertiary/aromatic N) is 2. The van der Waals surface area contributed by atoms with Gasteiger partial charge in [0, 0.05) is 18.5 Å². The van der Waals surface area contributed by atoms with Gasteiger partial charge < -0.3 is 4.74 Å². The lowest BCUT2D eigenvalue weighted by Gasteiger charge is -2.49. The molecule has 6 rings (SSSR count). The lowest BCUT2D eigenvalue weighted by Crippen LogP contribution is -2.55. The Balaban J connectivity index is 1.57. The van der Waals surface area contributed by atoms with Crippen LogP contribution in [0.4, 0.5) is 0 Å². The van der Waals surface area contributed by atoms with E-state index >= 15 is 0 Å². The van der Waals surface area contributed by atoms with E-state index in [2.05, 4.69) is 0 Å². The van der Waals surface area contributed by atoms with Gasteiger partial charge in [-0.3, -0.25) is 0 Å². The molecule has 3 atom stereocenters. The number of aryl methyl sites for hydroxylation is 1. The first-order valence-corrected chi connectivity index (χ1v) is 18.2. The molecule has 234 valence electrons. The summed E-state index contributed by atoms with van der Waals surface area (Å²) in [4.78, 5) is 0.197. The summed E-state index contributed by atoms with van der Waals surface area (Å²) in [5.41, 5.74) is 3.19. The van der Waals surface area contributed by atoms with Crippen LogP contribution in [0.5, 0.6) is 0 Å². The molecule has 0 aliphatic carbocycles. The minimum Gasteiger partial charge on any atom is -0.498 e. The highest BCUT2D eigenvalue weighted by Gasteiger charge is 2.51. The minimum atomic E-state index is -4.17. The molecule has 0 saturated carbocycles. The molecule has 0 spiro atoms. The maximum Gasteiger partial charge on any atom is 0.245 e. The average molecular weight is 663 g/mol. The van der Waals surface area contributed by atoms with Gasteiger partial charge in [0.05, 0.1) is 40.4 Å². The van der Waals surface area contributed by atoms with E-state index in [4.69, 9.17) is 16.3 Å². The van der Waals surface area contributed by atoms with Crippen LogP contribution in [0.25, 0.3) is 0 Å². The lowest BCUT2D eigenvalue weighted by atomic mass is 9.84. The van der Waals surface area contributed by atoms with Crippen LogP contribution in [-0.4, -0.2) is 44.6 Å². The molecule has 0 radical (unpaired) electrons. The van der Waals surface area contributed by atoms with E-state index < -0.39 is 38.2 Å². The Labute approximate surface area is 270 Å². The summed E-state index contributed by atoms with van der Waals surface area (Å²) in [5, 5.41) is 0.129. The maximum absolute atomic E-state index is 14.7. The van der Waals surface area contributed by atoms with Crippen LogP contribution in [0.1, 0.15) is 48.5 Å². The Morgan fingerprint density at radius 2 is 1.31 bits per heavy atom. The topological polar surface area (TPSA) is 84.0 Å². The van der Waals surface area contributed by atoms with Crippen molar-refractivity contribution in [2.45, 2.75) is 54.6 Å². The number of piperidine rings is 1. The van der Waals surface area contributed by atoms with Crippen LogP contribution in [0.15, 0.2) is 130 Å². The summed E-state index contributed by atoms with van der Waals surface area (Å²) >= 11 is 6.53. The minimum absolute atomic E-state index is 0.0118. The van der Waals surface area contributed by atoms with Crippen LogP contribution in [-0.2, 0) is 24.8 Å². The molecular formula is C35H35ClN2O5S2. The summed E-state index contributed by atoms with van der Waals surface area (Å²) < 4.78 is 67.5. The normalized spacial score (nSPS) is 21.4. The highest BCUT2D eigenvalue weighted by atomic mass is 35.5. The fraction of sp³-hybridized carbons (Fsp3) is 0.257. The molecule has 4 aromatic carbocycles. The number of hydrogen-bond acceptors (Lipinski definition) is 5. The van der Waals surface area contributed by atoms with Gasteiger partial charge >= 0.3 is 0 Å². The fourth-order valence-corrected chi connectivity index (χ4v) is 10.3. The van der Waals surface area contributed by atoms with Gasteiger partial charge in [-0.05, 0) is 55.7 Å². The largest absolute Gasteiger partial charge is 0.498 e. The zero-order chi connectivity index (χ0) is 31.8. The lowest BCUT2D eigenvalue weighted by molar-refractivity contribution is 0.118. The summed E-state index contributed by atoms with van der Waals surface area (Å²) in [7, 11) is -8.16. The molecule has 2 heterocycles. The van der Waals surface area contributed by atoms with Crippen LogP contribution in [0, 0.1) is 6.92 Å². The molecule has 10 heteroatoms. The predicted molar refractivity (Wildman–Crippen MR) is 176 cm³/mol. The monoisotopic (exact) mass is 662 g/mol. The van der Waals surface area contributed by atoms with E-state index in [0.29, 0.717) is 17.9 Å². The van der Waals surface area contributed by atoms with E-state index in [-0.39, 0.29) is 34.2 Å². The van der Waals surface area contributed by atoms with Crippen molar-refractivity contribution in [1.29, 1.82) is 0 Å². The van der Waals surface area contributed by atoms with Gasteiger partial charge in [0.2, 0.25) is 20.0 Å². The average Bonchev–Trinajstić information content (AvgIpc) is 3.05. The fourth-order valence-electron chi connectivity index (χ4n) is 6.44. The molecular weight excluding hydrogens is 628 g/mol. The van der Waals surface area contributed by atoms with E-state index in [1.54, 1.807) is 46.8 Å². The standard InChI is InChI=1S/C35H35ClN2O5S2/c1-3-43-34-23-32(27-14-8-5-9-15-27)38(45(41,42)35-17-11-10-16-30(35)36)33-22-31(26-12-6-4-7-13-26)37(24-29(33)34)44(39,40)28-20-18-25(2)19-21-28/h4-21,31-33H,3,22-24H2,1-2H3. The molecule has 45 heavy (non-hydrogen) atoms. The molecule has 3 unspecified atom stereocenters. The third-order valence-corrected chi connectivity index (χ3v) is 12.9. The Morgan fingerprint density at radius 1 is 0.733 bits per heavy atom. The maximum atomic E-state index is 14.7. The van der Waals surface area contributed by atoms with Crippen LogP contribution in [0.3, 0.4) is 0 Å². The van der Waals surface area contributed by atoms with Crippen molar-refractivity contribution in [2.24, 2.45) is 0 Å². The number of halogens is 1. The zero-order valence-corrected chi connectivity index (χ0v) is 27.5. The summed E-state index contributed by atoms with van der Waals surface area (Å²) in [6, 6.07) is 30.2. The second-order valence-electron chi connectivity index (χ2n) is 11.3. The van der Waals surface area contributed by atoms with Gasteiger partial charge in [-0.1, -0.05) is 102 Å². The first-order chi connectivity index (χ1) is 21.6. The summed E-state index contributed by atoms with van der Waals surface area (Å²) in [5.74, 6) is 0.623. The van der Waals surface area contributed by atoms with Crippen molar-refractivity contribution >= 4 is 31.6 Å². The molecule has 0 amide bonds. The summed E-state index contributed by atoms with van der Waals surface area (Å²) in [6.45, 7) is 4.12. The first-order valence-electron chi connectivity index (χ1n) is 14.9. The van der Waals surface area contributed by atoms with Gasteiger partial charge in [0.15, 0.2) is 0 Å². The molecule has 2 aliphatic rings. The van der Waals surface area contributed by atoms with E-state index in [1.807, 2.05) is 74.5 Å². The third kappa shape index (κ3) is 5.95. The first kappa shape index (κ1) is 31.5. The number of benzene rings is 4. The van der Waals surface area contributed by atoms with Gasteiger partial charge in [-0.25, -0.2) is 16.8 Å². The molecule has 0 bridgehead atoms. The number of sulfonamides is 2. The molecule has 2 aliphatic heterocycles. The van der Waals surface area contributed by atoms with Gasteiger partial charge in [0.25, 0.3) is 0 Å². The van der Waals surface area contributed by atoms with Crippen molar-refractivity contribution in [2.75, 3.05) is 13.2 Å². The van der Waals surface area contributed by atoms with Crippen LogP contribution in [0.2, 0.25) is 5.02 Å². The van der Waals surface area contributed by atoms with Crippen LogP contribution < -0.4 is 0 Å². The van der Waals surface area contributed by atoms with E-state index in [0.717, 1.165) is 16.7 Å². The van der Waals surface area contributed by atoms with Gasteiger partial charge in [-0.2, -0.15) is 8.61 Å². The van der Waals surface area contributed by atoms with Crippen molar-refractivity contribution < 1.29 is 21.6 Å². The predicted octanol–water partition coefficient (Wildman–Crippen LogP) is 7.28. The highest BCUT2D eigenvalue weighted by Crippen LogP contribution is 2.49. The Bertz CT molecular complexity index is 1920. The zero-order valence-electron chi connectivity index (χ0n) is 25.1. The van der Waals surface area contributed by atoms with Crippen LogP contribution >= 0.6 is 11.6 Å². The molecule has 0 N–H and O–H groups in total.